The van der Waals surface area contributed by atoms with Crippen molar-refractivity contribution in [3.8, 4) is 0 Å². The molecule has 0 spiro atoms. The van der Waals surface area contributed by atoms with Gasteiger partial charge in [-0.15, -0.1) is 11.3 Å². The van der Waals surface area contributed by atoms with Crippen LogP contribution in [0.1, 0.15) is 34.8 Å². The van der Waals surface area contributed by atoms with Gasteiger partial charge in [-0.3, -0.25) is 0 Å². The summed E-state index contributed by atoms with van der Waals surface area (Å²) in [6.45, 7) is 4.06. The molecule has 80 valence electrons. The van der Waals surface area contributed by atoms with Gasteiger partial charge in [-0.05, 0) is 30.0 Å². The van der Waals surface area contributed by atoms with Crippen molar-refractivity contribution in [1.82, 2.24) is 0 Å². The maximum atomic E-state index is 10.2. The van der Waals surface area contributed by atoms with E-state index in [-0.39, 0.29) is 0 Å². The quantitative estimate of drug-likeness (QED) is 0.864. The molecule has 0 radical (unpaired) electrons. The van der Waals surface area contributed by atoms with Crippen LogP contribution in [0, 0.1) is 6.92 Å². The zero-order valence-corrected chi connectivity index (χ0v) is 9.67. The predicted molar refractivity (Wildman–Crippen MR) is 61.2 cm³/mol. The van der Waals surface area contributed by atoms with Crippen LogP contribution < -0.4 is 0 Å². The lowest BCUT2D eigenvalue weighted by molar-refractivity contribution is 0.218. The highest BCUT2D eigenvalue weighted by Crippen LogP contribution is 2.29. The van der Waals surface area contributed by atoms with Gasteiger partial charge < -0.3 is 9.52 Å². The van der Waals surface area contributed by atoms with Crippen LogP contribution in [0.5, 0.6) is 0 Å². The minimum absolute atomic E-state index is 0.552. The Labute approximate surface area is 93.2 Å². The summed E-state index contributed by atoms with van der Waals surface area (Å²) in [6.07, 6.45) is 1.89. The fourth-order valence-electron chi connectivity index (χ4n) is 1.67. The van der Waals surface area contributed by atoms with Crippen molar-refractivity contribution in [2.75, 3.05) is 0 Å². The molecule has 2 aromatic heterocycles. The maximum absolute atomic E-state index is 10.2. The molecule has 0 aliphatic carbocycles. The molecule has 0 saturated heterocycles. The van der Waals surface area contributed by atoms with Gasteiger partial charge in [-0.2, -0.15) is 0 Å². The summed E-state index contributed by atoms with van der Waals surface area (Å²) in [4.78, 5) is 1.21. The Morgan fingerprint density at radius 1 is 1.53 bits per heavy atom. The number of aliphatic hydroxyl groups is 1. The topological polar surface area (TPSA) is 33.4 Å². The molecule has 2 rings (SSSR count). The minimum Gasteiger partial charge on any atom is -0.469 e. The summed E-state index contributed by atoms with van der Waals surface area (Å²) in [5.74, 6) is 0.867. The van der Waals surface area contributed by atoms with Crippen LogP contribution in [-0.4, -0.2) is 5.11 Å². The molecule has 1 atom stereocenters. The lowest BCUT2D eigenvalue weighted by Crippen LogP contribution is -1.99. The molecule has 0 saturated carbocycles. The van der Waals surface area contributed by atoms with Gasteiger partial charge in [0, 0.05) is 16.9 Å². The number of thiophene rings is 1. The molecule has 0 aliphatic heterocycles. The van der Waals surface area contributed by atoms with Crippen LogP contribution in [0.4, 0.5) is 0 Å². The molecule has 0 amide bonds. The highest BCUT2D eigenvalue weighted by Gasteiger charge is 2.16. The van der Waals surface area contributed by atoms with E-state index in [9.17, 15) is 5.11 Å². The molecule has 2 nitrogen and oxygen atoms in total. The average molecular weight is 222 g/mol. The number of hydrogen-bond donors (Lipinski definition) is 1. The molecular formula is C12H14O2S. The van der Waals surface area contributed by atoms with Gasteiger partial charge in [0.2, 0.25) is 0 Å². The highest BCUT2D eigenvalue weighted by atomic mass is 32.1. The normalized spacial score (nSPS) is 13.0. The third-order valence-electron chi connectivity index (χ3n) is 2.46. The first-order chi connectivity index (χ1) is 7.22. The second-order valence-electron chi connectivity index (χ2n) is 3.55. The third kappa shape index (κ3) is 1.98. The van der Waals surface area contributed by atoms with Gasteiger partial charge >= 0.3 is 0 Å². The predicted octanol–water partition coefficient (Wildman–Crippen LogP) is 3.29. The second kappa shape index (κ2) is 4.21. The summed E-state index contributed by atoms with van der Waals surface area (Å²) in [7, 11) is 0. The van der Waals surface area contributed by atoms with Crippen LogP contribution in [-0.2, 0) is 6.42 Å². The number of furan rings is 1. The SMILES string of the molecule is CCc1occc1C(O)c1csc(C)c1. The minimum atomic E-state index is -0.552. The molecule has 15 heavy (non-hydrogen) atoms. The van der Waals surface area contributed by atoms with Gasteiger partial charge in [0.15, 0.2) is 0 Å². The smallest absolute Gasteiger partial charge is 0.109 e. The van der Waals surface area contributed by atoms with E-state index in [1.54, 1.807) is 17.6 Å². The van der Waals surface area contributed by atoms with E-state index in [4.69, 9.17) is 4.42 Å². The van der Waals surface area contributed by atoms with Gasteiger partial charge in [0.05, 0.1) is 6.26 Å². The van der Waals surface area contributed by atoms with E-state index in [0.29, 0.717) is 0 Å². The summed E-state index contributed by atoms with van der Waals surface area (Å²) < 4.78 is 5.31. The molecule has 2 aromatic rings. The van der Waals surface area contributed by atoms with Crippen LogP contribution in [0.25, 0.3) is 0 Å². The van der Waals surface area contributed by atoms with Crippen LogP contribution >= 0.6 is 11.3 Å². The molecule has 0 aromatic carbocycles. The van der Waals surface area contributed by atoms with Crippen molar-refractivity contribution in [2.45, 2.75) is 26.4 Å². The number of aryl methyl sites for hydroxylation is 2. The summed E-state index contributed by atoms with van der Waals surface area (Å²) in [5, 5.41) is 12.1. The standard InChI is InChI=1S/C12H14O2S/c1-3-11-10(4-5-14-11)12(13)9-6-8(2)15-7-9/h4-7,12-13H,3H2,1-2H3. The zero-order chi connectivity index (χ0) is 10.8. The second-order valence-corrected chi connectivity index (χ2v) is 4.66. The first kappa shape index (κ1) is 10.5. The van der Waals surface area contributed by atoms with Crippen molar-refractivity contribution >= 4 is 11.3 Å². The molecular weight excluding hydrogens is 208 g/mol. The molecule has 0 fully saturated rings. The molecule has 0 aliphatic rings. The van der Waals surface area contributed by atoms with E-state index in [2.05, 4.69) is 0 Å². The fraction of sp³-hybridized carbons (Fsp3) is 0.333. The molecule has 1 N–H and O–H groups in total. The first-order valence-corrected chi connectivity index (χ1v) is 5.89. The number of aliphatic hydroxyl groups excluding tert-OH is 1. The van der Waals surface area contributed by atoms with Crippen LogP contribution in [0.2, 0.25) is 0 Å². The maximum Gasteiger partial charge on any atom is 0.109 e. The van der Waals surface area contributed by atoms with Gasteiger partial charge in [0.1, 0.15) is 11.9 Å². The van der Waals surface area contributed by atoms with Crippen molar-refractivity contribution in [3.63, 3.8) is 0 Å². The van der Waals surface area contributed by atoms with Crippen LogP contribution in [0.15, 0.2) is 28.2 Å². The number of hydrogen-bond acceptors (Lipinski definition) is 3. The molecule has 1 unspecified atom stereocenters. The lowest BCUT2D eigenvalue weighted by atomic mass is 10.0. The Balaban J connectivity index is 2.31. The van der Waals surface area contributed by atoms with Gasteiger partial charge in [-0.1, -0.05) is 6.92 Å². The lowest BCUT2D eigenvalue weighted by Gasteiger charge is -2.07. The monoisotopic (exact) mass is 222 g/mol. The largest absolute Gasteiger partial charge is 0.469 e. The zero-order valence-electron chi connectivity index (χ0n) is 8.86. The Bertz CT molecular complexity index is 442. The Morgan fingerprint density at radius 2 is 2.33 bits per heavy atom. The van der Waals surface area contributed by atoms with E-state index in [0.717, 1.165) is 23.3 Å². The first-order valence-electron chi connectivity index (χ1n) is 5.01. The van der Waals surface area contributed by atoms with E-state index >= 15 is 0 Å². The van der Waals surface area contributed by atoms with Crippen molar-refractivity contribution in [2.24, 2.45) is 0 Å². The van der Waals surface area contributed by atoms with E-state index in [1.165, 1.54) is 4.88 Å². The Hall–Kier alpha value is -1.06. The summed E-state index contributed by atoms with van der Waals surface area (Å²) in [6, 6.07) is 3.86. The summed E-state index contributed by atoms with van der Waals surface area (Å²) >= 11 is 1.65. The average Bonchev–Trinajstić information content (AvgIpc) is 2.84. The third-order valence-corrected chi connectivity index (χ3v) is 3.34. The fourth-order valence-corrected chi connectivity index (χ4v) is 2.39. The van der Waals surface area contributed by atoms with Crippen LogP contribution in [0.3, 0.4) is 0 Å². The van der Waals surface area contributed by atoms with Gasteiger partial charge in [-0.25, -0.2) is 0 Å². The molecule has 0 bridgehead atoms. The molecule has 3 heteroatoms. The van der Waals surface area contributed by atoms with E-state index < -0.39 is 6.10 Å². The Kier molecular flexibility index (Phi) is 2.93. The van der Waals surface area contributed by atoms with Crippen molar-refractivity contribution in [3.05, 3.63) is 45.5 Å². The molecule has 2 heterocycles. The summed E-state index contributed by atoms with van der Waals surface area (Å²) in [5.41, 5.74) is 1.84. The Morgan fingerprint density at radius 3 is 2.93 bits per heavy atom. The highest BCUT2D eigenvalue weighted by molar-refractivity contribution is 7.10. The number of rotatable bonds is 3. The van der Waals surface area contributed by atoms with E-state index in [1.807, 2.05) is 31.4 Å². The van der Waals surface area contributed by atoms with Gasteiger partial charge in [0.25, 0.3) is 0 Å². The van der Waals surface area contributed by atoms with Crippen molar-refractivity contribution < 1.29 is 9.52 Å². The van der Waals surface area contributed by atoms with Crippen molar-refractivity contribution in [1.29, 1.82) is 0 Å².